The van der Waals surface area contributed by atoms with Gasteiger partial charge in [0.25, 0.3) is 0 Å². The van der Waals surface area contributed by atoms with E-state index in [9.17, 15) is 18.8 Å². The number of anilines is 1. The number of nitrogens with zero attached hydrogens (tertiary/aromatic N) is 1. The van der Waals surface area contributed by atoms with Crippen molar-refractivity contribution >= 4 is 39.9 Å². The molecule has 0 aliphatic rings. The summed E-state index contributed by atoms with van der Waals surface area (Å²) in [4.78, 5) is 39.0. The number of ketones is 1. The zero-order chi connectivity index (χ0) is 23.5. The third-order valence-corrected chi connectivity index (χ3v) is 5.59. The molecule has 1 N–H and O–H groups in total. The van der Waals surface area contributed by atoms with Crippen molar-refractivity contribution in [1.82, 2.24) is 4.57 Å². The maximum absolute atomic E-state index is 13.2. The normalized spacial score (nSPS) is 10.9. The van der Waals surface area contributed by atoms with Gasteiger partial charge in [-0.2, -0.15) is 0 Å². The van der Waals surface area contributed by atoms with Crippen molar-refractivity contribution in [2.75, 3.05) is 5.32 Å². The highest BCUT2D eigenvalue weighted by Gasteiger charge is 2.18. The molecule has 4 aromatic rings. The molecule has 0 bridgehead atoms. The number of hydrogen-bond donors (Lipinski definition) is 1. The quantitative estimate of drug-likeness (QED) is 0.399. The Morgan fingerprint density at radius 2 is 1.70 bits per heavy atom. The van der Waals surface area contributed by atoms with Crippen LogP contribution < -0.4 is 10.7 Å². The Balaban J connectivity index is 1.74. The van der Waals surface area contributed by atoms with E-state index in [-0.39, 0.29) is 17.5 Å². The Kier molecular flexibility index (Phi) is 6.38. The van der Waals surface area contributed by atoms with E-state index in [1.54, 1.807) is 28.8 Å². The van der Waals surface area contributed by atoms with Gasteiger partial charge in [0.1, 0.15) is 12.4 Å². The van der Waals surface area contributed by atoms with Gasteiger partial charge in [0.05, 0.1) is 11.1 Å². The van der Waals surface area contributed by atoms with Gasteiger partial charge in [-0.15, -0.1) is 0 Å². The van der Waals surface area contributed by atoms with E-state index in [4.69, 9.17) is 11.6 Å². The summed E-state index contributed by atoms with van der Waals surface area (Å²) in [6, 6.07) is 17.2. The summed E-state index contributed by atoms with van der Waals surface area (Å²) in [7, 11) is 0. The molecule has 1 amide bonds. The van der Waals surface area contributed by atoms with E-state index in [0.717, 1.165) is 12.0 Å². The fourth-order valence-electron chi connectivity index (χ4n) is 3.60. The first-order valence-corrected chi connectivity index (χ1v) is 10.7. The van der Waals surface area contributed by atoms with E-state index in [1.807, 2.05) is 19.1 Å². The minimum absolute atomic E-state index is 0.0522. The summed E-state index contributed by atoms with van der Waals surface area (Å²) >= 11 is 6.11. The highest BCUT2D eigenvalue weighted by Crippen LogP contribution is 2.20. The summed E-state index contributed by atoms with van der Waals surface area (Å²) in [5, 5.41) is 3.28. The number of rotatable bonds is 6. The number of nitrogens with one attached hydrogen (secondary N) is 1. The summed E-state index contributed by atoms with van der Waals surface area (Å²) < 4.78 is 14.7. The minimum atomic E-state index is -0.452. The molecule has 0 saturated heterocycles. The molecule has 1 aromatic heterocycles. The Hall–Kier alpha value is -3.77. The van der Waals surface area contributed by atoms with Gasteiger partial charge in [-0.3, -0.25) is 14.4 Å². The van der Waals surface area contributed by atoms with Crippen LogP contribution in [0.1, 0.15) is 28.4 Å². The van der Waals surface area contributed by atoms with Crippen molar-refractivity contribution in [3.8, 4) is 0 Å². The lowest BCUT2D eigenvalue weighted by atomic mass is 10.0. The maximum Gasteiger partial charge on any atom is 0.244 e. The molecule has 0 fully saturated rings. The van der Waals surface area contributed by atoms with Gasteiger partial charge < -0.3 is 9.88 Å². The first-order valence-electron chi connectivity index (χ1n) is 10.4. The van der Waals surface area contributed by atoms with Gasteiger partial charge in [-0.05, 0) is 54.4 Å². The monoisotopic (exact) mass is 462 g/mol. The molecule has 0 saturated carbocycles. The fraction of sp³-hybridized carbons (Fsp3) is 0.115. The fourth-order valence-corrected chi connectivity index (χ4v) is 3.77. The van der Waals surface area contributed by atoms with E-state index in [1.165, 1.54) is 36.5 Å². The van der Waals surface area contributed by atoms with Gasteiger partial charge in [-0.25, -0.2) is 4.39 Å². The summed E-state index contributed by atoms with van der Waals surface area (Å²) in [6.45, 7) is 1.85. The molecular formula is C26H20ClFN2O3. The molecule has 1 heterocycles. The maximum atomic E-state index is 13.2. The predicted octanol–water partition coefficient (Wildman–Crippen LogP) is 5.23. The second kappa shape index (κ2) is 9.38. The van der Waals surface area contributed by atoms with Crippen LogP contribution in [-0.4, -0.2) is 16.3 Å². The second-order valence-electron chi connectivity index (χ2n) is 7.60. The molecule has 3 aromatic carbocycles. The lowest BCUT2D eigenvalue weighted by Crippen LogP contribution is -2.24. The highest BCUT2D eigenvalue weighted by atomic mass is 35.5. The Morgan fingerprint density at radius 3 is 2.36 bits per heavy atom. The average Bonchev–Trinajstić information content (AvgIpc) is 2.82. The zero-order valence-corrected chi connectivity index (χ0v) is 18.5. The number of halogens is 2. The van der Waals surface area contributed by atoms with Crippen LogP contribution in [-0.2, 0) is 17.8 Å². The minimum Gasteiger partial charge on any atom is -0.337 e. The molecule has 0 aliphatic carbocycles. The number of hydrogen-bond acceptors (Lipinski definition) is 3. The Bertz CT molecular complexity index is 1410. The lowest BCUT2D eigenvalue weighted by molar-refractivity contribution is -0.116. The van der Waals surface area contributed by atoms with Crippen LogP contribution in [0.5, 0.6) is 0 Å². The lowest BCUT2D eigenvalue weighted by Gasteiger charge is -2.14. The molecule has 5 nitrogen and oxygen atoms in total. The topological polar surface area (TPSA) is 68.2 Å². The van der Waals surface area contributed by atoms with Crippen molar-refractivity contribution in [3.05, 3.63) is 111 Å². The average molecular weight is 463 g/mol. The van der Waals surface area contributed by atoms with Gasteiger partial charge >= 0.3 is 0 Å². The Labute approximate surface area is 194 Å². The number of amides is 1. The number of aryl methyl sites for hydroxylation is 1. The molecule has 0 atom stereocenters. The summed E-state index contributed by atoms with van der Waals surface area (Å²) in [5.74, 6) is -1.24. The molecule has 0 spiro atoms. The second-order valence-corrected chi connectivity index (χ2v) is 8.03. The van der Waals surface area contributed by atoms with Crippen molar-refractivity contribution in [3.63, 3.8) is 0 Å². The van der Waals surface area contributed by atoms with Crippen LogP contribution >= 0.6 is 11.6 Å². The van der Waals surface area contributed by atoms with Crippen molar-refractivity contribution in [1.29, 1.82) is 0 Å². The zero-order valence-electron chi connectivity index (χ0n) is 17.8. The van der Waals surface area contributed by atoms with Crippen LogP contribution in [0.3, 0.4) is 0 Å². The van der Waals surface area contributed by atoms with Gasteiger partial charge in [0.15, 0.2) is 5.78 Å². The number of carbonyl (C=O) groups is 2. The molecule has 0 radical (unpaired) electrons. The van der Waals surface area contributed by atoms with Gasteiger partial charge in [0.2, 0.25) is 11.3 Å². The predicted molar refractivity (Wildman–Crippen MR) is 128 cm³/mol. The molecule has 166 valence electrons. The van der Waals surface area contributed by atoms with E-state index in [0.29, 0.717) is 21.8 Å². The van der Waals surface area contributed by atoms with E-state index in [2.05, 4.69) is 5.32 Å². The smallest absolute Gasteiger partial charge is 0.244 e. The standard InChI is InChI=1S/C26H20ClFN2O3/c1-2-16-3-5-17(6-4-16)25(32)22-14-30(23-12-7-18(27)13-21(23)26(22)33)15-24(31)29-20-10-8-19(28)9-11-20/h3-14H,2,15H2,1H3,(H,29,31). The van der Waals surface area contributed by atoms with Gasteiger partial charge in [-0.1, -0.05) is 42.8 Å². The van der Waals surface area contributed by atoms with Crippen LogP contribution in [0.15, 0.2) is 77.7 Å². The highest BCUT2D eigenvalue weighted by molar-refractivity contribution is 6.31. The third-order valence-electron chi connectivity index (χ3n) is 5.35. The molecular weight excluding hydrogens is 443 g/mol. The molecule has 7 heteroatoms. The number of fused-ring (bicyclic) bond motifs is 1. The molecule has 4 rings (SSSR count). The third kappa shape index (κ3) is 4.86. The number of pyridine rings is 1. The number of benzene rings is 3. The van der Waals surface area contributed by atoms with Crippen molar-refractivity contribution < 1.29 is 14.0 Å². The summed E-state index contributed by atoms with van der Waals surface area (Å²) in [6.07, 6.45) is 2.23. The largest absolute Gasteiger partial charge is 0.337 e. The van der Waals surface area contributed by atoms with Crippen LogP contribution in [0.4, 0.5) is 10.1 Å². The molecule has 0 unspecified atom stereocenters. The first-order chi connectivity index (χ1) is 15.9. The molecule has 0 aliphatic heterocycles. The van der Waals surface area contributed by atoms with Crippen molar-refractivity contribution in [2.24, 2.45) is 0 Å². The van der Waals surface area contributed by atoms with Crippen LogP contribution in [0, 0.1) is 5.82 Å². The molecule has 33 heavy (non-hydrogen) atoms. The summed E-state index contributed by atoms with van der Waals surface area (Å²) in [5.41, 5.74) is 1.86. The number of aromatic nitrogens is 1. The van der Waals surface area contributed by atoms with Crippen LogP contribution in [0.25, 0.3) is 10.9 Å². The van der Waals surface area contributed by atoms with E-state index >= 15 is 0 Å². The number of carbonyl (C=O) groups excluding carboxylic acids is 2. The SMILES string of the molecule is CCc1ccc(C(=O)c2cn(CC(=O)Nc3ccc(F)cc3)c3ccc(Cl)cc3c2=O)cc1. The Morgan fingerprint density at radius 1 is 1.00 bits per heavy atom. The van der Waals surface area contributed by atoms with Crippen LogP contribution in [0.2, 0.25) is 5.02 Å². The van der Waals surface area contributed by atoms with E-state index < -0.39 is 22.9 Å². The van der Waals surface area contributed by atoms with Gasteiger partial charge in [0, 0.05) is 27.9 Å². The first kappa shape index (κ1) is 22.4. The van der Waals surface area contributed by atoms with Crippen molar-refractivity contribution in [2.45, 2.75) is 19.9 Å².